The Labute approximate surface area is 178 Å². The van der Waals surface area contributed by atoms with E-state index < -0.39 is 0 Å². The van der Waals surface area contributed by atoms with Crippen molar-refractivity contribution in [3.05, 3.63) is 57.7 Å². The van der Waals surface area contributed by atoms with Crippen LogP contribution in [0, 0.1) is 0 Å². The lowest BCUT2D eigenvalue weighted by atomic mass is 10.0. The summed E-state index contributed by atoms with van der Waals surface area (Å²) >= 11 is 3.63. The fourth-order valence-electron chi connectivity index (χ4n) is 3.73. The summed E-state index contributed by atoms with van der Waals surface area (Å²) in [5.74, 6) is 1.18. The van der Waals surface area contributed by atoms with E-state index in [2.05, 4.69) is 20.8 Å². The van der Waals surface area contributed by atoms with E-state index in [1.165, 1.54) is 0 Å². The summed E-state index contributed by atoms with van der Waals surface area (Å²) in [6, 6.07) is 11.6. The zero-order valence-electron chi connectivity index (χ0n) is 16.7. The number of halogens is 1. The molecule has 0 aliphatic carbocycles. The maximum Gasteiger partial charge on any atom is 0.340 e. The first-order valence-electron chi connectivity index (χ1n) is 9.50. The highest BCUT2D eigenvalue weighted by Gasteiger charge is 2.30. The maximum atomic E-state index is 13.0. The topological polar surface area (TPSA) is 52.9 Å². The Balaban J connectivity index is 1.90. The predicted octanol–water partition coefficient (Wildman–Crippen LogP) is 4.48. The summed E-state index contributed by atoms with van der Waals surface area (Å²) < 4.78 is 20.2. The number of esters is 1. The Morgan fingerprint density at radius 2 is 2.00 bits per heavy atom. The molecule has 0 fully saturated rings. The Morgan fingerprint density at radius 3 is 2.72 bits per heavy atom. The highest BCUT2D eigenvalue weighted by Crippen LogP contribution is 2.42. The fraction of sp³-hybridized carbons (Fsp3) is 0.318. The summed E-state index contributed by atoms with van der Waals surface area (Å²) in [6.07, 6.45) is 0. The quantitative estimate of drug-likeness (QED) is 0.527. The van der Waals surface area contributed by atoms with E-state index in [1.54, 1.807) is 0 Å². The van der Waals surface area contributed by atoms with Crippen molar-refractivity contribution in [3.8, 4) is 11.5 Å². The van der Waals surface area contributed by atoms with Gasteiger partial charge >= 0.3 is 5.97 Å². The number of nitrogens with zero attached hydrogens (tertiary/aromatic N) is 2. The van der Waals surface area contributed by atoms with E-state index in [1.807, 2.05) is 62.0 Å². The number of rotatable bonds is 5. The van der Waals surface area contributed by atoms with Gasteiger partial charge in [0.2, 0.25) is 0 Å². The molecule has 0 saturated heterocycles. The zero-order chi connectivity index (χ0) is 20.5. The standard InChI is InChI=1S/C22H23BrN2O4/c1-4-27-22(26)20-18(12-28-14-8-6-5-7-9-14)25(3)17-10-16(23)21-15(19(17)20)11-24(2)13-29-21/h5-10H,4,11-13H2,1-3H3. The summed E-state index contributed by atoms with van der Waals surface area (Å²) in [6.45, 7) is 3.56. The molecule has 3 aromatic rings. The van der Waals surface area contributed by atoms with Crippen LogP contribution in [0.4, 0.5) is 0 Å². The van der Waals surface area contributed by atoms with Crippen LogP contribution in [-0.4, -0.2) is 35.8 Å². The molecule has 0 bridgehead atoms. The van der Waals surface area contributed by atoms with Gasteiger partial charge in [-0.05, 0) is 48.1 Å². The number of ether oxygens (including phenoxy) is 3. The van der Waals surface area contributed by atoms with Crippen LogP contribution in [0.5, 0.6) is 11.5 Å². The van der Waals surface area contributed by atoms with Gasteiger partial charge < -0.3 is 18.8 Å². The number of para-hydroxylation sites is 1. The van der Waals surface area contributed by atoms with Crippen molar-refractivity contribution >= 4 is 32.8 Å². The average Bonchev–Trinajstić information content (AvgIpc) is 2.99. The second-order valence-electron chi connectivity index (χ2n) is 7.05. The number of aryl methyl sites for hydroxylation is 1. The summed E-state index contributed by atoms with van der Waals surface area (Å²) in [5, 5.41) is 0.863. The number of carbonyl (C=O) groups is 1. The molecular weight excluding hydrogens is 436 g/mol. The van der Waals surface area contributed by atoms with E-state index in [0.29, 0.717) is 25.4 Å². The van der Waals surface area contributed by atoms with Gasteiger partial charge in [-0.2, -0.15) is 0 Å². The van der Waals surface area contributed by atoms with Crippen molar-refractivity contribution in [1.29, 1.82) is 0 Å². The highest BCUT2D eigenvalue weighted by atomic mass is 79.9. The molecule has 4 rings (SSSR count). The van der Waals surface area contributed by atoms with Crippen LogP contribution < -0.4 is 9.47 Å². The summed E-state index contributed by atoms with van der Waals surface area (Å²) in [5.41, 5.74) is 3.23. The molecule has 1 aromatic heterocycles. The van der Waals surface area contributed by atoms with Gasteiger partial charge in [0.15, 0.2) is 0 Å². The average molecular weight is 459 g/mol. The number of aromatic nitrogens is 1. The smallest absolute Gasteiger partial charge is 0.340 e. The van der Waals surface area contributed by atoms with Crippen molar-refractivity contribution in [2.45, 2.75) is 20.1 Å². The van der Waals surface area contributed by atoms with Gasteiger partial charge in [0.1, 0.15) is 24.8 Å². The van der Waals surface area contributed by atoms with Crippen LogP contribution in [0.25, 0.3) is 10.9 Å². The third kappa shape index (κ3) is 3.60. The lowest BCUT2D eigenvalue weighted by Gasteiger charge is -2.27. The SMILES string of the molecule is CCOC(=O)c1c(COc2ccccc2)n(C)c2cc(Br)c3c(c12)CN(C)CO3. The van der Waals surface area contributed by atoms with Crippen molar-refractivity contribution in [2.75, 3.05) is 20.4 Å². The molecule has 2 heterocycles. The molecule has 152 valence electrons. The minimum Gasteiger partial charge on any atom is -0.487 e. The first kappa shape index (κ1) is 19.8. The molecule has 7 heteroatoms. The Bertz CT molecular complexity index is 1060. The van der Waals surface area contributed by atoms with Gasteiger partial charge in [0.25, 0.3) is 0 Å². The van der Waals surface area contributed by atoms with E-state index in [-0.39, 0.29) is 12.6 Å². The van der Waals surface area contributed by atoms with Gasteiger partial charge in [-0.1, -0.05) is 18.2 Å². The van der Waals surface area contributed by atoms with Crippen molar-refractivity contribution in [2.24, 2.45) is 7.05 Å². The van der Waals surface area contributed by atoms with Crippen LogP contribution in [0.1, 0.15) is 28.5 Å². The molecule has 1 aliphatic heterocycles. The normalized spacial score (nSPS) is 13.8. The molecule has 0 atom stereocenters. The molecule has 0 N–H and O–H groups in total. The van der Waals surface area contributed by atoms with E-state index >= 15 is 0 Å². The van der Waals surface area contributed by atoms with Crippen LogP contribution in [0.15, 0.2) is 40.9 Å². The van der Waals surface area contributed by atoms with Crippen LogP contribution in [0.3, 0.4) is 0 Å². The zero-order valence-corrected chi connectivity index (χ0v) is 18.3. The maximum absolute atomic E-state index is 13.0. The van der Waals surface area contributed by atoms with Crippen molar-refractivity contribution < 1.29 is 19.0 Å². The second-order valence-corrected chi connectivity index (χ2v) is 7.91. The monoisotopic (exact) mass is 458 g/mol. The molecule has 0 spiro atoms. The van der Waals surface area contributed by atoms with Crippen molar-refractivity contribution in [3.63, 3.8) is 0 Å². The molecular formula is C22H23BrN2O4. The van der Waals surface area contributed by atoms with Gasteiger partial charge in [-0.15, -0.1) is 0 Å². The fourth-order valence-corrected chi connectivity index (χ4v) is 4.30. The lowest BCUT2D eigenvalue weighted by molar-refractivity contribution is 0.0525. The number of fused-ring (bicyclic) bond motifs is 3. The molecule has 29 heavy (non-hydrogen) atoms. The molecule has 0 saturated carbocycles. The lowest BCUT2D eigenvalue weighted by Crippen LogP contribution is -2.28. The summed E-state index contributed by atoms with van der Waals surface area (Å²) in [7, 11) is 3.93. The molecule has 0 radical (unpaired) electrons. The minimum absolute atomic E-state index is 0.256. The van der Waals surface area contributed by atoms with Crippen LogP contribution in [0.2, 0.25) is 0 Å². The third-order valence-corrected chi connectivity index (χ3v) is 5.66. The number of hydrogen-bond donors (Lipinski definition) is 0. The number of carbonyl (C=O) groups excluding carboxylic acids is 1. The second kappa shape index (κ2) is 8.08. The molecule has 0 unspecified atom stereocenters. The minimum atomic E-state index is -0.345. The molecule has 6 nitrogen and oxygen atoms in total. The third-order valence-electron chi connectivity index (χ3n) is 5.07. The first-order valence-corrected chi connectivity index (χ1v) is 10.3. The molecule has 1 aliphatic rings. The number of benzene rings is 2. The van der Waals surface area contributed by atoms with Crippen molar-refractivity contribution in [1.82, 2.24) is 9.47 Å². The van der Waals surface area contributed by atoms with Gasteiger partial charge in [-0.25, -0.2) is 4.79 Å². The Morgan fingerprint density at radius 1 is 1.24 bits per heavy atom. The molecule has 2 aromatic carbocycles. The Kier molecular flexibility index (Phi) is 5.52. The summed E-state index contributed by atoms with van der Waals surface area (Å²) in [4.78, 5) is 15.1. The largest absolute Gasteiger partial charge is 0.487 e. The van der Waals surface area contributed by atoms with E-state index in [0.717, 1.165) is 38.1 Å². The van der Waals surface area contributed by atoms with Gasteiger partial charge in [0.05, 0.1) is 27.9 Å². The molecule has 0 amide bonds. The van der Waals surface area contributed by atoms with Crippen LogP contribution in [-0.2, 0) is 24.9 Å². The Hall–Kier alpha value is -2.51. The highest BCUT2D eigenvalue weighted by molar-refractivity contribution is 9.10. The van der Waals surface area contributed by atoms with E-state index in [9.17, 15) is 4.79 Å². The van der Waals surface area contributed by atoms with Crippen LogP contribution >= 0.6 is 15.9 Å². The van der Waals surface area contributed by atoms with Gasteiger partial charge in [-0.3, -0.25) is 4.90 Å². The first-order chi connectivity index (χ1) is 14.0. The number of hydrogen-bond acceptors (Lipinski definition) is 5. The van der Waals surface area contributed by atoms with Gasteiger partial charge in [0, 0.05) is 24.5 Å². The predicted molar refractivity (Wildman–Crippen MR) is 114 cm³/mol. The van der Waals surface area contributed by atoms with E-state index in [4.69, 9.17) is 14.2 Å².